The molecule has 0 saturated heterocycles. The number of aromatic carboxylic acids is 1. The number of carboxylic acid groups (broad SMARTS) is 1. The van der Waals surface area contributed by atoms with E-state index in [1.807, 2.05) is 19.9 Å². The van der Waals surface area contributed by atoms with Gasteiger partial charge in [-0.05, 0) is 36.0 Å². The third-order valence-corrected chi connectivity index (χ3v) is 3.74. The molecule has 0 radical (unpaired) electrons. The van der Waals surface area contributed by atoms with Crippen molar-refractivity contribution in [1.29, 1.82) is 0 Å². The number of halogens is 1. The van der Waals surface area contributed by atoms with Gasteiger partial charge in [-0.2, -0.15) is 0 Å². The Bertz CT molecular complexity index is 442. The first-order valence-electron chi connectivity index (χ1n) is 5.19. The van der Waals surface area contributed by atoms with Gasteiger partial charge in [-0.3, -0.25) is 0 Å². The van der Waals surface area contributed by atoms with E-state index in [1.54, 1.807) is 0 Å². The molecule has 0 spiro atoms. The summed E-state index contributed by atoms with van der Waals surface area (Å²) in [5.74, 6) is -0.865. The van der Waals surface area contributed by atoms with Crippen molar-refractivity contribution in [2.24, 2.45) is 0 Å². The summed E-state index contributed by atoms with van der Waals surface area (Å²) in [6.07, 6.45) is 0. The normalized spacial score (nSPS) is 11.6. The Balaban J connectivity index is 3.58. The third-order valence-electron chi connectivity index (χ3n) is 2.72. The smallest absolute Gasteiger partial charge is 0.336 e. The Kier molecular flexibility index (Phi) is 3.48. The largest absolute Gasteiger partial charge is 0.478 e. The molecule has 0 aliphatic heterocycles. The number of carbonyl (C=O) groups is 1. The van der Waals surface area contributed by atoms with E-state index in [-0.39, 0.29) is 5.41 Å². The minimum atomic E-state index is -0.865. The van der Waals surface area contributed by atoms with Crippen molar-refractivity contribution in [2.45, 2.75) is 40.0 Å². The van der Waals surface area contributed by atoms with Gasteiger partial charge in [-0.15, -0.1) is 0 Å². The van der Waals surface area contributed by atoms with Crippen molar-refractivity contribution in [1.82, 2.24) is 0 Å². The van der Waals surface area contributed by atoms with Crippen LogP contribution in [0.4, 0.5) is 0 Å². The van der Waals surface area contributed by atoms with Gasteiger partial charge in [-0.1, -0.05) is 42.8 Å². The maximum atomic E-state index is 11.1. The van der Waals surface area contributed by atoms with Crippen molar-refractivity contribution < 1.29 is 9.90 Å². The van der Waals surface area contributed by atoms with Crippen LogP contribution in [0.15, 0.2) is 10.5 Å². The molecular weight excluding hydrogens is 268 g/mol. The van der Waals surface area contributed by atoms with Gasteiger partial charge in [0.2, 0.25) is 0 Å². The lowest BCUT2D eigenvalue weighted by Gasteiger charge is -2.24. The maximum Gasteiger partial charge on any atom is 0.336 e. The molecule has 0 aliphatic rings. The molecule has 3 heteroatoms. The van der Waals surface area contributed by atoms with Crippen LogP contribution >= 0.6 is 15.9 Å². The van der Waals surface area contributed by atoms with Crippen molar-refractivity contribution in [3.8, 4) is 0 Å². The molecule has 1 rings (SSSR count). The quantitative estimate of drug-likeness (QED) is 0.844. The molecule has 88 valence electrons. The number of aryl methyl sites for hydroxylation is 1. The number of hydrogen-bond donors (Lipinski definition) is 1. The van der Waals surface area contributed by atoms with E-state index in [0.717, 1.165) is 21.2 Å². The lowest BCUT2D eigenvalue weighted by Crippen LogP contribution is -2.15. The van der Waals surface area contributed by atoms with Gasteiger partial charge in [0.15, 0.2) is 0 Å². The summed E-state index contributed by atoms with van der Waals surface area (Å²) in [6, 6.07) is 1.96. The summed E-state index contributed by atoms with van der Waals surface area (Å²) >= 11 is 3.51. The maximum absolute atomic E-state index is 11.1. The molecule has 0 fully saturated rings. The highest BCUT2D eigenvalue weighted by Crippen LogP contribution is 2.35. The highest BCUT2D eigenvalue weighted by atomic mass is 79.9. The zero-order valence-electron chi connectivity index (χ0n) is 10.3. The summed E-state index contributed by atoms with van der Waals surface area (Å²) in [4.78, 5) is 11.1. The Labute approximate surface area is 105 Å². The molecule has 0 unspecified atom stereocenters. The number of benzene rings is 1. The van der Waals surface area contributed by atoms with Crippen LogP contribution in [-0.4, -0.2) is 11.1 Å². The molecule has 0 atom stereocenters. The highest BCUT2D eigenvalue weighted by Gasteiger charge is 2.23. The summed E-state index contributed by atoms with van der Waals surface area (Å²) in [7, 11) is 0. The average Bonchev–Trinajstić information content (AvgIpc) is 2.09. The van der Waals surface area contributed by atoms with Crippen LogP contribution in [0.25, 0.3) is 0 Å². The van der Waals surface area contributed by atoms with Gasteiger partial charge in [0.05, 0.1) is 5.56 Å². The fraction of sp³-hybridized carbons (Fsp3) is 0.462. The molecule has 1 aromatic carbocycles. The molecule has 0 aliphatic carbocycles. The molecule has 1 N–H and O–H groups in total. The monoisotopic (exact) mass is 284 g/mol. The molecule has 0 amide bonds. The standard InChI is InChI=1S/C13H17BrO2/c1-7-6-9(13(3,4)5)11(14)8(2)10(7)12(15)16/h6H,1-5H3,(H,15,16). The van der Waals surface area contributed by atoms with Crippen LogP contribution in [0.5, 0.6) is 0 Å². The molecular formula is C13H17BrO2. The second-order valence-corrected chi connectivity index (χ2v) is 5.90. The molecule has 0 heterocycles. The fourth-order valence-electron chi connectivity index (χ4n) is 1.83. The molecule has 0 aromatic heterocycles. The lowest BCUT2D eigenvalue weighted by atomic mass is 9.84. The molecule has 0 saturated carbocycles. The lowest BCUT2D eigenvalue weighted by molar-refractivity contribution is 0.0695. The first kappa shape index (κ1) is 13.2. The minimum Gasteiger partial charge on any atom is -0.478 e. The molecule has 2 nitrogen and oxygen atoms in total. The Morgan fingerprint density at radius 2 is 1.81 bits per heavy atom. The van der Waals surface area contributed by atoms with E-state index in [4.69, 9.17) is 5.11 Å². The van der Waals surface area contributed by atoms with E-state index in [0.29, 0.717) is 5.56 Å². The van der Waals surface area contributed by atoms with E-state index in [9.17, 15) is 4.79 Å². The topological polar surface area (TPSA) is 37.3 Å². The minimum absolute atomic E-state index is 0.00534. The first-order chi connectivity index (χ1) is 7.16. The van der Waals surface area contributed by atoms with Gasteiger partial charge in [0, 0.05) is 4.47 Å². The number of carboxylic acids is 1. The van der Waals surface area contributed by atoms with Gasteiger partial charge < -0.3 is 5.11 Å². The van der Waals surface area contributed by atoms with Crippen LogP contribution < -0.4 is 0 Å². The van der Waals surface area contributed by atoms with Crippen molar-refractivity contribution in [3.63, 3.8) is 0 Å². The molecule has 1 aromatic rings. The van der Waals surface area contributed by atoms with Crippen molar-refractivity contribution in [3.05, 3.63) is 32.8 Å². The SMILES string of the molecule is Cc1cc(C(C)(C)C)c(Br)c(C)c1C(=O)O. The van der Waals surface area contributed by atoms with E-state index >= 15 is 0 Å². The zero-order chi connectivity index (χ0) is 12.7. The van der Waals surface area contributed by atoms with Crippen molar-refractivity contribution >= 4 is 21.9 Å². The molecule has 16 heavy (non-hydrogen) atoms. The van der Waals surface area contributed by atoms with E-state index in [2.05, 4.69) is 36.7 Å². The van der Waals surface area contributed by atoms with E-state index < -0.39 is 5.97 Å². The number of hydrogen-bond acceptors (Lipinski definition) is 1. The summed E-state index contributed by atoms with van der Waals surface area (Å²) < 4.78 is 0.906. The van der Waals surface area contributed by atoms with Gasteiger partial charge >= 0.3 is 5.97 Å². The second-order valence-electron chi connectivity index (χ2n) is 5.11. The van der Waals surface area contributed by atoms with Crippen LogP contribution in [0.3, 0.4) is 0 Å². The Morgan fingerprint density at radius 1 is 1.31 bits per heavy atom. The first-order valence-corrected chi connectivity index (χ1v) is 5.99. The third kappa shape index (κ3) is 2.29. The summed E-state index contributed by atoms with van der Waals surface area (Å²) in [5, 5.41) is 9.14. The van der Waals surface area contributed by atoms with Crippen LogP contribution in [-0.2, 0) is 5.41 Å². The number of rotatable bonds is 1. The Morgan fingerprint density at radius 3 is 2.19 bits per heavy atom. The van der Waals surface area contributed by atoms with Crippen LogP contribution in [0, 0.1) is 13.8 Å². The predicted octanol–water partition coefficient (Wildman–Crippen LogP) is 4.06. The van der Waals surface area contributed by atoms with Crippen molar-refractivity contribution in [2.75, 3.05) is 0 Å². The average molecular weight is 285 g/mol. The summed E-state index contributed by atoms with van der Waals surface area (Å²) in [6.45, 7) is 10.0. The van der Waals surface area contributed by atoms with Crippen LogP contribution in [0.1, 0.15) is 47.8 Å². The predicted molar refractivity (Wildman–Crippen MR) is 69.3 cm³/mol. The van der Waals surface area contributed by atoms with Gasteiger partial charge in [0.1, 0.15) is 0 Å². The molecule has 0 bridgehead atoms. The Hall–Kier alpha value is -0.830. The second kappa shape index (κ2) is 4.21. The zero-order valence-corrected chi connectivity index (χ0v) is 11.9. The summed E-state index contributed by atoms with van der Waals surface area (Å²) in [5.41, 5.74) is 3.17. The van der Waals surface area contributed by atoms with Gasteiger partial charge in [0.25, 0.3) is 0 Å². The van der Waals surface area contributed by atoms with Gasteiger partial charge in [-0.25, -0.2) is 4.79 Å². The van der Waals surface area contributed by atoms with E-state index in [1.165, 1.54) is 0 Å². The van der Waals surface area contributed by atoms with Crippen LogP contribution in [0.2, 0.25) is 0 Å². The highest BCUT2D eigenvalue weighted by molar-refractivity contribution is 9.10. The fourth-order valence-corrected chi connectivity index (χ4v) is 2.74.